The minimum absolute atomic E-state index is 0.0849. The molecule has 0 N–H and O–H groups in total. The summed E-state index contributed by atoms with van der Waals surface area (Å²) in [6.45, 7) is 4.69. The van der Waals surface area contributed by atoms with E-state index in [4.69, 9.17) is 14.7 Å². The normalized spacial score (nSPS) is 12.1. The minimum atomic E-state index is -0.0849. The SMILES string of the molecule is COc1cc(CCN(C)C(C)C#N)c(OC)cc1C. The molecule has 1 aromatic rings. The summed E-state index contributed by atoms with van der Waals surface area (Å²) in [5.74, 6) is 1.74. The Morgan fingerprint density at radius 2 is 1.89 bits per heavy atom. The summed E-state index contributed by atoms with van der Waals surface area (Å²) in [5.41, 5.74) is 2.16. The second kappa shape index (κ2) is 7.01. The van der Waals surface area contributed by atoms with E-state index in [0.29, 0.717) is 0 Å². The zero-order valence-electron chi connectivity index (χ0n) is 12.4. The largest absolute Gasteiger partial charge is 0.496 e. The third kappa shape index (κ3) is 3.87. The molecular formula is C15H22N2O2. The standard InChI is InChI=1S/C15H22N2O2/c1-11-8-15(19-5)13(9-14(11)18-4)6-7-17(3)12(2)10-16/h8-9,12H,6-7H2,1-5H3. The zero-order valence-corrected chi connectivity index (χ0v) is 12.4. The topological polar surface area (TPSA) is 45.5 Å². The van der Waals surface area contributed by atoms with Crippen LogP contribution in [0.25, 0.3) is 0 Å². The molecule has 1 atom stereocenters. The summed E-state index contributed by atoms with van der Waals surface area (Å²) in [7, 11) is 5.29. The first-order valence-corrected chi connectivity index (χ1v) is 6.34. The summed E-state index contributed by atoms with van der Waals surface area (Å²) in [6.07, 6.45) is 0.822. The van der Waals surface area contributed by atoms with Crippen LogP contribution in [0.5, 0.6) is 11.5 Å². The molecule has 0 radical (unpaired) electrons. The van der Waals surface area contributed by atoms with Crippen molar-refractivity contribution in [2.45, 2.75) is 26.3 Å². The third-order valence-corrected chi connectivity index (χ3v) is 3.38. The van der Waals surface area contributed by atoms with Crippen LogP contribution in [0.2, 0.25) is 0 Å². The highest BCUT2D eigenvalue weighted by Crippen LogP contribution is 2.28. The minimum Gasteiger partial charge on any atom is -0.496 e. The van der Waals surface area contributed by atoms with Crippen LogP contribution in [0.3, 0.4) is 0 Å². The number of ether oxygens (including phenoxy) is 2. The maximum atomic E-state index is 8.89. The molecule has 0 saturated carbocycles. The Bertz CT molecular complexity index is 466. The first-order chi connectivity index (χ1) is 9.03. The van der Waals surface area contributed by atoms with E-state index in [1.54, 1.807) is 14.2 Å². The highest BCUT2D eigenvalue weighted by atomic mass is 16.5. The van der Waals surface area contributed by atoms with Crippen molar-refractivity contribution in [3.63, 3.8) is 0 Å². The number of likely N-dealkylation sites (N-methyl/N-ethyl adjacent to an activating group) is 1. The van der Waals surface area contributed by atoms with Crippen LogP contribution >= 0.6 is 0 Å². The Balaban J connectivity index is 2.85. The number of rotatable bonds is 6. The van der Waals surface area contributed by atoms with Gasteiger partial charge in [-0.1, -0.05) is 0 Å². The maximum Gasteiger partial charge on any atom is 0.122 e. The van der Waals surface area contributed by atoms with E-state index < -0.39 is 0 Å². The van der Waals surface area contributed by atoms with E-state index >= 15 is 0 Å². The number of methoxy groups -OCH3 is 2. The number of nitrogens with zero attached hydrogens (tertiary/aromatic N) is 2. The van der Waals surface area contributed by atoms with Crippen molar-refractivity contribution in [3.05, 3.63) is 23.3 Å². The quantitative estimate of drug-likeness (QED) is 0.789. The molecule has 0 fully saturated rings. The van der Waals surface area contributed by atoms with Gasteiger partial charge < -0.3 is 9.47 Å². The second-order valence-corrected chi connectivity index (χ2v) is 4.67. The predicted molar refractivity (Wildman–Crippen MR) is 75.7 cm³/mol. The van der Waals surface area contributed by atoms with Crippen molar-refractivity contribution in [1.82, 2.24) is 4.90 Å². The molecule has 0 bridgehead atoms. The van der Waals surface area contributed by atoms with Crippen molar-refractivity contribution >= 4 is 0 Å². The Morgan fingerprint density at radius 3 is 2.42 bits per heavy atom. The summed E-state index contributed by atoms with van der Waals surface area (Å²) >= 11 is 0. The number of hydrogen-bond donors (Lipinski definition) is 0. The van der Waals surface area contributed by atoms with Gasteiger partial charge in [-0.25, -0.2) is 0 Å². The Kier molecular flexibility index (Phi) is 5.65. The van der Waals surface area contributed by atoms with Crippen molar-refractivity contribution in [2.24, 2.45) is 0 Å². The van der Waals surface area contributed by atoms with E-state index in [-0.39, 0.29) is 6.04 Å². The smallest absolute Gasteiger partial charge is 0.122 e. The van der Waals surface area contributed by atoms with Crippen LogP contribution in [-0.4, -0.2) is 38.8 Å². The monoisotopic (exact) mass is 262 g/mol. The van der Waals surface area contributed by atoms with Gasteiger partial charge in [0.25, 0.3) is 0 Å². The fourth-order valence-corrected chi connectivity index (χ4v) is 1.90. The van der Waals surface area contributed by atoms with E-state index in [1.807, 2.05) is 37.9 Å². The van der Waals surface area contributed by atoms with E-state index in [1.165, 1.54) is 0 Å². The van der Waals surface area contributed by atoms with Crippen molar-refractivity contribution < 1.29 is 9.47 Å². The lowest BCUT2D eigenvalue weighted by Gasteiger charge is -2.20. The van der Waals surface area contributed by atoms with Gasteiger partial charge in [-0.3, -0.25) is 4.90 Å². The molecule has 19 heavy (non-hydrogen) atoms. The van der Waals surface area contributed by atoms with Gasteiger partial charge in [-0.15, -0.1) is 0 Å². The zero-order chi connectivity index (χ0) is 14.4. The average Bonchev–Trinajstić information content (AvgIpc) is 2.44. The molecule has 104 valence electrons. The van der Waals surface area contributed by atoms with Crippen LogP contribution in [0.4, 0.5) is 0 Å². The highest BCUT2D eigenvalue weighted by Gasteiger charge is 2.12. The molecule has 0 spiro atoms. The molecule has 1 rings (SSSR count). The molecule has 1 unspecified atom stereocenters. The van der Waals surface area contributed by atoms with E-state index in [9.17, 15) is 0 Å². The molecule has 0 aliphatic heterocycles. The van der Waals surface area contributed by atoms with Gasteiger partial charge in [0.15, 0.2) is 0 Å². The van der Waals surface area contributed by atoms with Crippen molar-refractivity contribution in [2.75, 3.05) is 27.8 Å². The number of aryl methyl sites for hydroxylation is 1. The van der Waals surface area contributed by atoms with Crippen LogP contribution in [0.15, 0.2) is 12.1 Å². The highest BCUT2D eigenvalue weighted by molar-refractivity contribution is 5.46. The lowest BCUT2D eigenvalue weighted by molar-refractivity contribution is 0.304. The Labute approximate surface area is 115 Å². The number of benzene rings is 1. The van der Waals surface area contributed by atoms with Gasteiger partial charge in [-0.05, 0) is 50.6 Å². The van der Waals surface area contributed by atoms with E-state index in [2.05, 4.69) is 6.07 Å². The Hall–Kier alpha value is -1.73. The van der Waals surface area contributed by atoms with Crippen LogP contribution < -0.4 is 9.47 Å². The van der Waals surface area contributed by atoms with Gasteiger partial charge in [-0.2, -0.15) is 5.26 Å². The predicted octanol–water partition coefficient (Wildman–Crippen LogP) is 2.40. The first-order valence-electron chi connectivity index (χ1n) is 6.34. The fraction of sp³-hybridized carbons (Fsp3) is 0.533. The van der Waals surface area contributed by atoms with Gasteiger partial charge in [0.2, 0.25) is 0 Å². The molecular weight excluding hydrogens is 240 g/mol. The van der Waals surface area contributed by atoms with Gasteiger partial charge in [0.05, 0.1) is 26.3 Å². The molecule has 0 amide bonds. The summed E-state index contributed by atoms with van der Waals surface area (Å²) in [6, 6.07) is 6.15. The molecule has 0 saturated heterocycles. The molecule has 0 aromatic heterocycles. The summed E-state index contributed by atoms with van der Waals surface area (Å²) < 4.78 is 10.7. The fourth-order valence-electron chi connectivity index (χ4n) is 1.90. The summed E-state index contributed by atoms with van der Waals surface area (Å²) in [4.78, 5) is 2.02. The molecule has 4 nitrogen and oxygen atoms in total. The lowest BCUT2D eigenvalue weighted by atomic mass is 10.1. The van der Waals surface area contributed by atoms with Crippen molar-refractivity contribution in [1.29, 1.82) is 5.26 Å². The lowest BCUT2D eigenvalue weighted by Crippen LogP contribution is -2.29. The van der Waals surface area contributed by atoms with E-state index in [0.717, 1.165) is 35.6 Å². The molecule has 0 aliphatic rings. The molecule has 0 aliphatic carbocycles. The average molecular weight is 262 g/mol. The maximum absolute atomic E-state index is 8.89. The molecule has 0 heterocycles. The second-order valence-electron chi connectivity index (χ2n) is 4.67. The summed E-state index contributed by atoms with van der Waals surface area (Å²) in [5, 5.41) is 8.89. The third-order valence-electron chi connectivity index (χ3n) is 3.38. The Morgan fingerprint density at radius 1 is 1.26 bits per heavy atom. The van der Waals surface area contributed by atoms with Crippen LogP contribution in [0.1, 0.15) is 18.1 Å². The number of nitriles is 1. The molecule has 1 aromatic carbocycles. The van der Waals surface area contributed by atoms with Gasteiger partial charge in [0.1, 0.15) is 11.5 Å². The van der Waals surface area contributed by atoms with Crippen LogP contribution in [0, 0.1) is 18.3 Å². The van der Waals surface area contributed by atoms with Gasteiger partial charge in [0, 0.05) is 6.54 Å². The molecule has 4 heteroatoms. The van der Waals surface area contributed by atoms with Crippen LogP contribution in [-0.2, 0) is 6.42 Å². The van der Waals surface area contributed by atoms with Crippen molar-refractivity contribution in [3.8, 4) is 17.6 Å². The van der Waals surface area contributed by atoms with Gasteiger partial charge >= 0.3 is 0 Å². The first kappa shape index (κ1) is 15.3. The number of hydrogen-bond acceptors (Lipinski definition) is 4.